The van der Waals surface area contributed by atoms with Crippen LogP contribution in [0.3, 0.4) is 0 Å². The van der Waals surface area contributed by atoms with Crippen LogP contribution >= 0.6 is 0 Å². The van der Waals surface area contributed by atoms with Gasteiger partial charge < -0.3 is 29.2 Å². The highest BCUT2D eigenvalue weighted by Gasteiger charge is 2.31. The highest BCUT2D eigenvalue weighted by atomic mass is 16.5. The molecule has 0 amide bonds. The van der Waals surface area contributed by atoms with Crippen LogP contribution in [0, 0.1) is 27.7 Å². The molecule has 0 saturated heterocycles. The summed E-state index contributed by atoms with van der Waals surface area (Å²) in [5.74, 6) is 0.115. The number of hydrogen-bond donors (Lipinski definition) is 2. The fourth-order valence-electron chi connectivity index (χ4n) is 13.8. The second-order valence-corrected chi connectivity index (χ2v) is 30.5. The number of phenolic OH excluding ortho intramolecular Hbond substituents is 2. The standard InChI is InChI=1S/C88H99N3O6/c1-58-27-25-28-59(2)80(58)89(49-51-96-76(92)47-37-63-53-71(85(5,6)7)83(94)72(54-63)86(8,9)10)68-43-39-65(40-44-68)78(79-70-35-23-24-36-75(70)91(57-62-31-19-17-20-32-62)82(79)67-33-21-18-22-34-67)66-41-45-69(46-42-66)90(81-60(3)29-26-30-61(81)4)50-52-97-77(93)48-38-64-55-73(87(11,12)13)84(95)74(56-64)88(14,15)16/h17-36,39-46,53-56H,37-38,47-52,57H2,1-16H3,(H-,94,95)/p+1. The molecule has 0 spiro atoms. The molecule has 9 heteroatoms. The fraction of sp³-hybridized carbons (Fsp3) is 0.330. The van der Waals surface area contributed by atoms with E-state index in [4.69, 9.17) is 9.47 Å². The van der Waals surface area contributed by atoms with Gasteiger partial charge in [-0.05, 0) is 165 Å². The van der Waals surface area contributed by atoms with E-state index in [0.717, 1.165) is 123 Å². The van der Waals surface area contributed by atoms with Gasteiger partial charge >= 0.3 is 11.9 Å². The normalized spacial score (nSPS) is 12.7. The van der Waals surface area contributed by atoms with Gasteiger partial charge in [-0.15, -0.1) is 0 Å². The van der Waals surface area contributed by atoms with E-state index in [0.29, 0.717) is 44.0 Å². The van der Waals surface area contributed by atoms with Crippen LogP contribution in [0.15, 0.2) is 200 Å². The summed E-state index contributed by atoms with van der Waals surface area (Å²) in [6.45, 7) is 35.6. The summed E-state index contributed by atoms with van der Waals surface area (Å²) in [6.07, 6.45) is 10.3. The Morgan fingerprint density at radius 2 is 0.948 bits per heavy atom. The third-order valence-electron chi connectivity index (χ3n) is 18.8. The third kappa shape index (κ3) is 16.2. The highest BCUT2D eigenvalue weighted by molar-refractivity contribution is 6.09. The van der Waals surface area contributed by atoms with Crippen molar-refractivity contribution in [3.63, 3.8) is 0 Å². The smallest absolute Gasteiger partial charge is 0.306 e. The molecule has 9 aromatic rings. The second-order valence-electron chi connectivity index (χ2n) is 30.5. The summed E-state index contributed by atoms with van der Waals surface area (Å²) < 4.78 is 17.0. The number of fused-ring (bicyclic) bond motifs is 1. The van der Waals surface area contributed by atoms with Crippen molar-refractivity contribution in [2.75, 3.05) is 31.2 Å². The van der Waals surface area contributed by atoms with Crippen LogP contribution in [0.5, 0.6) is 11.5 Å². The van der Waals surface area contributed by atoms with Crippen LogP contribution in [0.1, 0.15) is 168 Å². The molecule has 1 heterocycles. The average Bonchev–Trinajstić information content (AvgIpc) is 1.60. The zero-order valence-electron chi connectivity index (χ0n) is 60.2. The lowest BCUT2D eigenvalue weighted by Gasteiger charge is -2.29. The Balaban J connectivity index is 1.02. The predicted molar refractivity (Wildman–Crippen MR) is 402 cm³/mol. The molecule has 1 aromatic heterocycles. The molecule has 0 radical (unpaired) electrons. The first-order chi connectivity index (χ1) is 46.0. The van der Waals surface area contributed by atoms with Crippen LogP contribution in [-0.4, -0.2) is 63.3 Å². The molecular weight excluding hydrogens is 1190 g/mol. The van der Waals surface area contributed by atoms with Gasteiger partial charge in [0.1, 0.15) is 18.1 Å². The first-order valence-corrected chi connectivity index (χ1v) is 34.5. The number of rotatable bonds is 20. The lowest BCUT2D eigenvalue weighted by molar-refractivity contribution is -0.443. The number of aryl methyl sites for hydroxylation is 6. The number of phenols is 2. The van der Waals surface area contributed by atoms with E-state index >= 15 is 0 Å². The first kappa shape index (κ1) is 70.3. The summed E-state index contributed by atoms with van der Waals surface area (Å²) in [6, 6.07) is 60.0. The van der Waals surface area contributed by atoms with Gasteiger partial charge in [-0.2, -0.15) is 4.58 Å². The summed E-state index contributed by atoms with van der Waals surface area (Å²) in [5.41, 5.74) is 21.6. The van der Waals surface area contributed by atoms with Gasteiger partial charge in [-0.3, -0.25) is 9.59 Å². The minimum Gasteiger partial charge on any atom is -0.507 e. The zero-order chi connectivity index (χ0) is 69.7. The van der Waals surface area contributed by atoms with E-state index in [1.54, 1.807) is 0 Å². The number of allylic oxidation sites excluding steroid dienone is 5. The van der Waals surface area contributed by atoms with Crippen LogP contribution in [0.2, 0.25) is 0 Å². The number of nitrogens with zero attached hydrogens (tertiary/aromatic N) is 3. The Morgan fingerprint density at radius 1 is 0.495 bits per heavy atom. The molecule has 0 bridgehead atoms. The number of ether oxygens (including phenoxy) is 2. The summed E-state index contributed by atoms with van der Waals surface area (Å²) >= 11 is 0. The quantitative estimate of drug-likeness (QED) is 0.0579. The number of esters is 2. The molecule has 8 aromatic carbocycles. The highest BCUT2D eigenvalue weighted by Crippen LogP contribution is 2.46. The van der Waals surface area contributed by atoms with E-state index < -0.39 is 0 Å². The fourth-order valence-corrected chi connectivity index (χ4v) is 13.8. The predicted octanol–water partition coefficient (Wildman–Crippen LogP) is 20.4. The monoisotopic (exact) mass is 1290 g/mol. The number of carbonyl (C=O) groups is 2. The Bertz CT molecular complexity index is 4360. The maximum atomic E-state index is 13.8. The van der Waals surface area contributed by atoms with Crippen molar-refractivity contribution in [1.29, 1.82) is 0 Å². The maximum Gasteiger partial charge on any atom is 0.306 e. The Morgan fingerprint density at radius 3 is 1.44 bits per heavy atom. The van der Waals surface area contributed by atoms with E-state index in [1.807, 2.05) is 24.3 Å². The molecule has 502 valence electrons. The van der Waals surface area contributed by atoms with Gasteiger partial charge in [-0.1, -0.05) is 235 Å². The molecule has 1 aliphatic carbocycles. The Labute approximate surface area is 577 Å². The van der Waals surface area contributed by atoms with Crippen LogP contribution < -0.4 is 4.90 Å². The van der Waals surface area contributed by atoms with E-state index in [2.05, 4.69) is 295 Å². The van der Waals surface area contributed by atoms with Crippen molar-refractivity contribution >= 4 is 51.2 Å². The Kier molecular flexibility index (Phi) is 21.1. The topological polar surface area (TPSA) is 104 Å². The van der Waals surface area contributed by atoms with Gasteiger partial charge in [0.05, 0.1) is 12.2 Å². The number of aromatic hydroxyl groups is 2. The molecule has 2 N–H and O–H groups in total. The largest absolute Gasteiger partial charge is 0.507 e. The van der Waals surface area contributed by atoms with Crippen molar-refractivity contribution in [3.8, 4) is 22.8 Å². The molecule has 0 aliphatic heterocycles. The SMILES string of the molecule is Cc1cccc(C)c1N(CCOC(=O)CCc1cc(C(C)(C)C)c(O)c(C(C)(C)C)c1)c1ccc(C(=C2C=CC(=[N+](CCOC(=O)CCc3cc(C(C)(C)C)c(O)c(C(C)(C)C)c3)c3c(C)cccc3C)C=C2)c2c(-c3ccccc3)n(Cc3ccccc3)c3ccccc23)cc1. The molecule has 97 heavy (non-hydrogen) atoms. The molecule has 0 unspecified atom stereocenters. The number of benzene rings is 8. The Hall–Kier alpha value is -9.47. The lowest BCUT2D eigenvalue weighted by atomic mass is 9.78. The van der Waals surface area contributed by atoms with Gasteiger partial charge in [0.25, 0.3) is 0 Å². The van der Waals surface area contributed by atoms with Gasteiger partial charge in [-0.25, -0.2) is 0 Å². The van der Waals surface area contributed by atoms with Crippen molar-refractivity contribution in [2.24, 2.45) is 0 Å². The molecule has 0 fully saturated rings. The molecular formula is C88H100N3O6+. The number of anilines is 2. The third-order valence-corrected chi connectivity index (χ3v) is 18.8. The number of hydrogen-bond acceptors (Lipinski definition) is 7. The second kappa shape index (κ2) is 29.1. The zero-order valence-corrected chi connectivity index (χ0v) is 60.2. The van der Waals surface area contributed by atoms with Crippen LogP contribution in [-0.2, 0) is 60.1 Å². The van der Waals surface area contributed by atoms with Gasteiger partial charge in [0.15, 0.2) is 13.2 Å². The molecule has 0 atom stereocenters. The van der Waals surface area contributed by atoms with Crippen molar-refractivity contribution in [1.82, 2.24) is 4.57 Å². The van der Waals surface area contributed by atoms with Crippen molar-refractivity contribution < 1.29 is 33.9 Å². The van der Waals surface area contributed by atoms with Crippen LogP contribution in [0.4, 0.5) is 17.1 Å². The van der Waals surface area contributed by atoms with Crippen LogP contribution in [0.25, 0.3) is 27.7 Å². The minimum atomic E-state index is -0.282. The summed E-state index contributed by atoms with van der Waals surface area (Å²) in [4.78, 5) is 29.9. The van der Waals surface area contributed by atoms with Gasteiger partial charge in [0.2, 0.25) is 11.4 Å². The first-order valence-electron chi connectivity index (χ1n) is 34.5. The summed E-state index contributed by atoms with van der Waals surface area (Å²) in [5, 5.41) is 23.9. The van der Waals surface area contributed by atoms with E-state index in [-0.39, 0.29) is 59.7 Å². The molecule has 1 aliphatic rings. The number of aromatic nitrogens is 1. The lowest BCUT2D eigenvalue weighted by Crippen LogP contribution is -2.25. The molecule has 0 saturated carbocycles. The van der Waals surface area contributed by atoms with Gasteiger partial charge in [0, 0.05) is 70.5 Å². The molecule has 9 nitrogen and oxygen atoms in total. The summed E-state index contributed by atoms with van der Waals surface area (Å²) in [7, 11) is 0. The van der Waals surface area contributed by atoms with E-state index in [1.165, 1.54) is 5.56 Å². The minimum absolute atomic E-state index is 0.176. The molecule has 10 rings (SSSR count). The van der Waals surface area contributed by atoms with Crippen molar-refractivity contribution in [3.05, 3.63) is 272 Å². The van der Waals surface area contributed by atoms with Crippen molar-refractivity contribution in [2.45, 2.75) is 165 Å². The number of carbonyl (C=O) groups excluding carboxylic acids is 2. The maximum absolute atomic E-state index is 13.8. The number of para-hydroxylation sites is 3. The average molecular weight is 1300 g/mol. The van der Waals surface area contributed by atoms with E-state index in [9.17, 15) is 19.8 Å².